The van der Waals surface area contributed by atoms with Gasteiger partial charge in [-0.25, -0.2) is 9.07 Å². The maximum absolute atomic E-state index is 13.1. The number of benzene rings is 1. The first kappa shape index (κ1) is 17.1. The molecule has 3 rings (SSSR count). The Bertz CT molecular complexity index is 788. The van der Waals surface area contributed by atoms with E-state index in [1.54, 1.807) is 30.0 Å². The predicted molar refractivity (Wildman–Crippen MR) is 89.1 cm³/mol. The topological polar surface area (TPSA) is 87.5 Å². The van der Waals surface area contributed by atoms with Crippen LogP contribution in [0, 0.1) is 12.7 Å². The minimum atomic E-state index is -0.905. The molecule has 0 bridgehead atoms. The summed E-state index contributed by atoms with van der Waals surface area (Å²) in [4.78, 5) is 25.2. The van der Waals surface area contributed by atoms with Crippen LogP contribution in [0.5, 0.6) is 0 Å². The third-order valence-corrected chi connectivity index (χ3v) is 4.17. The number of aliphatic carboxylic acids is 1. The molecule has 2 aromatic rings. The van der Waals surface area contributed by atoms with Crippen molar-refractivity contribution < 1.29 is 19.1 Å². The van der Waals surface area contributed by atoms with Crippen LogP contribution in [-0.4, -0.2) is 50.8 Å². The van der Waals surface area contributed by atoms with Gasteiger partial charge in [-0.05, 0) is 50.6 Å². The molecule has 1 aliphatic rings. The maximum Gasteiger partial charge on any atom is 0.320 e. The van der Waals surface area contributed by atoms with Crippen molar-refractivity contribution in [2.45, 2.75) is 25.8 Å². The number of amides is 1. The van der Waals surface area contributed by atoms with Crippen molar-refractivity contribution in [2.75, 3.05) is 18.4 Å². The lowest BCUT2D eigenvalue weighted by atomic mass is 10.2. The van der Waals surface area contributed by atoms with Crippen LogP contribution >= 0.6 is 0 Å². The number of carboxylic acid groups (broad SMARTS) is 1. The quantitative estimate of drug-likeness (QED) is 0.862. The van der Waals surface area contributed by atoms with E-state index in [4.69, 9.17) is 0 Å². The zero-order valence-electron chi connectivity index (χ0n) is 13.8. The number of likely N-dealkylation sites (tertiary alicyclic amines) is 1. The molecule has 25 heavy (non-hydrogen) atoms. The minimum absolute atomic E-state index is 0.00458. The van der Waals surface area contributed by atoms with Gasteiger partial charge in [-0.15, -0.1) is 0 Å². The van der Waals surface area contributed by atoms with Gasteiger partial charge in [0.1, 0.15) is 17.7 Å². The summed E-state index contributed by atoms with van der Waals surface area (Å²) in [6.45, 7) is 2.38. The average molecular weight is 346 g/mol. The molecule has 0 aliphatic carbocycles. The molecule has 1 aliphatic heterocycles. The van der Waals surface area contributed by atoms with Crippen LogP contribution in [0.1, 0.15) is 18.5 Å². The molecule has 8 heteroatoms. The summed E-state index contributed by atoms with van der Waals surface area (Å²) in [5, 5.41) is 16.3. The second kappa shape index (κ2) is 7.02. The van der Waals surface area contributed by atoms with Gasteiger partial charge in [0.05, 0.1) is 17.9 Å². The van der Waals surface area contributed by atoms with Crippen molar-refractivity contribution in [2.24, 2.45) is 0 Å². The van der Waals surface area contributed by atoms with Crippen molar-refractivity contribution in [3.8, 4) is 5.69 Å². The van der Waals surface area contributed by atoms with Gasteiger partial charge >= 0.3 is 5.97 Å². The van der Waals surface area contributed by atoms with Crippen molar-refractivity contribution in [3.63, 3.8) is 0 Å². The highest BCUT2D eigenvalue weighted by Crippen LogP contribution is 2.19. The number of carbonyl (C=O) groups is 2. The summed E-state index contributed by atoms with van der Waals surface area (Å²) >= 11 is 0. The van der Waals surface area contributed by atoms with Gasteiger partial charge in [0, 0.05) is 6.07 Å². The average Bonchev–Trinajstić information content (AvgIpc) is 3.15. The van der Waals surface area contributed by atoms with E-state index in [0.29, 0.717) is 30.2 Å². The van der Waals surface area contributed by atoms with E-state index in [-0.39, 0.29) is 18.3 Å². The summed E-state index contributed by atoms with van der Waals surface area (Å²) in [6, 6.07) is 6.87. The fraction of sp³-hybridized carbons (Fsp3) is 0.353. The molecule has 0 spiro atoms. The number of hydrogen-bond donors (Lipinski definition) is 2. The highest BCUT2D eigenvalue weighted by Gasteiger charge is 2.31. The van der Waals surface area contributed by atoms with Gasteiger partial charge in [0.2, 0.25) is 5.91 Å². The lowest BCUT2D eigenvalue weighted by Crippen LogP contribution is -2.41. The number of rotatable bonds is 5. The van der Waals surface area contributed by atoms with Gasteiger partial charge < -0.3 is 10.4 Å². The van der Waals surface area contributed by atoms with Crippen LogP contribution in [0.4, 0.5) is 10.2 Å². The second-order valence-electron chi connectivity index (χ2n) is 6.07. The summed E-state index contributed by atoms with van der Waals surface area (Å²) < 4.78 is 14.6. The normalized spacial score (nSPS) is 17.6. The lowest BCUT2D eigenvalue weighted by molar-refractivity contribution is -0.142. The van der Waals surface area contributed by atoms with E-state index in [1.807, 2.05) is 0 Å². The molecule has 7 nitrogen and oxygen atoms in total. The van der Waals surface area contributed by atoms with Gasteiger partial charge in [0.25, 0.3) is 0 Å². The summed E-state index contributed by atoms with van der Waals surface area (Å²) in [5.41, 5.74) is 1.32. The van der Waals surface area contributed by atoms with Gasteiger partial charge in [-0.2, -0.15) is 5.10 Å². The molecular weight excluding hydrogens is 327 g/mol. The summed E-state index contributed by atoms with van der Waals surface area (Å²) in [7, 11) is 0. The smallest absolute Gasteiger partial charge is 0.320 e. The monoisotopic (exact) mass is 346 g/mol. The van der Waals surface area contributed by atoms with Crippen LogP contribution < -0.4 is 5.32 Å². The number of carboxylic acids is 1. The Morgan fingerprint density at radius 3 is 2.76 bits per heavy atom. The first-order chi connectivity index (χ1) is 11.9. The lowest BCUT2D eigenvalue weighted by Gasteiger charge is -2.20. The van der Waals surface area contributed by atoms with Gasteiger partial charge in [-0.1, -0.05) is 0 Å². The number of nitrogens with one attached hydrogen (secondary N) is 1. The van der Waals surface area contributed by atoms with Crippen LogP contribution in [0.3, 0.4) is 0 Å². The van der Waals surface area contributed by atoms with Crippen molar-refractivity contribution in [1.29, 1.82) is 0 Å². The first-order valence-corrected chi connectivity index (χ1v) is 8.03. The zero-order valence-corrected chi connectivity index (χ0v) is 13.8. The van der Waals surface area contributed by atoms with Crippen LogP contribution in [-0.2, 0) is 9.59 Å². The second-order valence-corrected chi connectivity index (χ2v) is 6.07. The van der Waals surface area contributed by atoms with Crippen molar-refractivity contribution in [1.82, 2.24) is 14.7 Å². The molecule has 0 saturated carbocycles. The SMILES string of the molecule is Cc1cc(NC(=O)CN2CCC[C@H]2C(=O)O)n(-c2ccc(F)cc2)n1. The Kier molecular flexibility index (Phi) is 4.80. The molecule has 1 aromatic heterocycles. The van der Waals surface area contributed by atoms with E-state index in [0.717, 1.165) is 6.42 Å². The number of halogens is 1. The molecule has 1 atom stereocenters. The minimum Gasteiger partial charge on any atom is -0.480 e. The van der Waals surface area contributed by atoms with Crippen LogP contribution in [0.2, 0.25) is 0 Å². The first-order valence-electron chi connectivity index (χ1n) is 8.03. The fourth-order valence-corrected chi connectivity index (χ4v) is 3.03. The van der Waals surface area contributed by atoms with E-state index in [9.17, 15) is 19.1 Å². The Labute approximate surface area is 144 Å². The van der Waals surface area contributed by atoms with E-state index in [2.05, 4.69) is 10.4 Å². The van der Waals surface area contributed by atoms with E-state index in [1.165, 1.54) is 16.8 Å². The number of hydrogen-bond acceptors (Lipinski definition) is 4. The fourth-order valence-electron chi connectivity index (χ4n) is 3.03. The molecule has 0 radical (unpaired) electrons. The van der Waals surface area contributed by atoms with Crippen LogP contribution in [0.25, 0.3) is 5.69 Å². The number of aromatic nitrogens is 2. The third-order valence-electron chi connectivity index (χ3n) is 4.17. The highest BCUT2D eigenvalue weighted by molar-refractivity contribution is 5.92. The standard InChI is InChI=1S/C17H19FN4O3/c1-11-9-15(22(20-11)13-6-4-12(18)5-7-13)19-16(23)10-21-8-2-3-14(21)17(24)25/h4-7,9,14H,2-3,8,10H2,1H3,(H,19,23)(H,24,25)/t14-/m0/s1. The number of anilines is 1. The molecule has 1 fully saturated rings. The van der Waals surface area contributed by atoms with Crippen molar-refractivity contribution in [3.05, 3.63) is 41.8 Å². The Balaban J connectivity index is 1.73. The molecule has 1 aromatic carbocycles. The molecule has 132 valence electrons. The van der Waals surface area contributed by atoms with E-state index < -0.39 is 12.0 Å². The summed E-state index contributed by atoms with van der Waals surface area (Å²) in [6.07, 6.45) is 1.31. The van der Waals surface area contributed by atoms with Gasteiger partial charge in [0.15, 0.2) is 0 Å². The Hall–Kier alpha value is -2.74. The number of aryl methyl sites for hydroxylation is 1. The molecule has 2 N–H and O–H groups in total. The van der Waals surface area contributed by atoms with Crippen molar-refractivity contribution >= 4 is 17.7 Å². The maximum atomic E-state index is 13.1. The number of nitrogens with zero attached hydrogens (tertiary/aromatic N) is 3. The predicted octanol–water partition coefficient (Wildman–Crippen LogP) is 1.81. The number of carbonyl (C=O) groups excluding carboxylic acids is 1. The van der Waals surface area contributed by atoms with Gasteiger partial charge in [-0.3, -0.25) is 14.5 Å². The largest absolute Gasteiger partial charge is 0.480 e. The Morgan fingerprint density at radius 2 is 2.08 bits per heavy atom. The third kappa shape index (κ3) is 3.85. The van der Waals surface area contributed by atoms with Crippen LogP contribution in [0.15, 0.2) is 30.3 Å². The Morgan fingerprint density at radius 1 is 1.36 bits per heavy atom. The highest BCUT2D eigenvalue weighted by atomic mass is 19.1. The molecule has 1 saturated heterocycles. The van der Waals surface area contributed by atoms with E-state index >= 15 is 0 Å². The molecule has 2 heterocycles. The molecule has 1 amide bonds. The molecule has 0 unspecified atom stereocenters. The molecular formula is C17H19FN4O3. The zero-order chi connectivity index (χ0) is 18.0. The summed E-state index contributed by atoms with van der Waals surface area (Å²) in [5.74, 6) is -1.11.